The quantitative estimate of drug-likeness (QED) is 0.750. The van der Waals surface area contributed by atoms with Crippen molar-refractivity contribution >= 4 is 22.6 Å². The summed E-state index contributed by atoms with van der Waals surface area (Å²) in [6.45, 7) is -2.51. The molecular formula is C18H18F3NO4. The van der Waals surface area contributed by atoms with Crippen molar-refractivity contribution in [3.8, 4) is 0 Å². The van der Waals surface area contributed by atoms with Crippen LogP contribution in [0.5, 0.6) is 0 Å². The molecule has 1 atom stereocenters. The van der Waals surface area contributed by atoms with Crippen LogP contribution in [0.15, 0.2) is 42.5 Å². The van der Waals surface area contributed by atoms with Gasteiger partial charge in [-0.1, -0.05) is 42.5 Å². The van der Waals surface area contributed by atoms with Crippen molar-refractivity contribution < 1.29 is 32.6 Å². The van der Waals surface area contributed by atoms with Crippen molar-refractivity contribution in [1.29, 1.82) is 0 Å². The smallest absolute Gasteiger partial charge is 0.411 e. The van der Waals surface area contributed by atoms with Crippen LogP contribution >= 0.6 is 0 Å². The van der Waals surface area contributed by atoms with Crippen molar-refractivity contribution in [2.45, 2.75) is 12.6 Å². The van der Waals surface area contributed by atoms with Crippen LogP contribution in [-0.2, 0) is 20.7 Å². The number of halogens is 3. The van der Waals surface area contributed by atoms with Gasteiger partial charge in [0.05, 0.1) is 5.92 Å². The highest BCUT2D eigenvalue weighted by Gasteiger charge is 2.28. The van der Waals surface area contributed by atoms with E-state index in [2.05, 4.69) is 10.1 Å². The Balaban J connectivity index is 1.95. The van der Waals surface area contributed by atoms with E-state index in [1.807, 2.05) is 42.5 Å². The van der Waals surface area contributed by atoms with Gasteiger partial charge < -0.3 is 15.2 Å². The molecule has 0 heterocycles. The van der Waals surface area contributed by atoms with Crippen molar-refractivity contribution in [2.75, 3.05) is 19.8 Å². The van der Waals surface area contributed by atoms with E-state index in [-0.39, 0.29) is 13.0 Å². The molecule has 0 bridgehead atoms. The van der Waals surface area contributed by atoms with Gasteiger partial charge in [-0.3, -0.25) is 9.59 Å². The predicted octanol–water partition coefficient (Wildman–Crippen LogP) is 2.78. The second kappa shape index (κ2) is 8.66. The Kier molecular flexibility index (Phi) is 6.57. The normalized spacial score (nSPS) is 12.7. The molecule has 1 amide bonds. The highest BCUT2D eigenvalue weighted by Crippen LogP contribution is 2.21. The Bertz CT molecular complexity index is 771. The lowest BCUT2D eigenvalue weighted by molar-refractivity contribution is -0.175. The standard InChI is InChI=1S/C18H18F3NO4/c19-18(20,21)11-26-10-16(23)22-9-14(17(24)25)8-13-6-3-5-12-4-1-2-7-15(12)13/h1-7,14H,8-11H2,(H,22,23)(H,24,25). The van der Waals surface area contributed by atoms with Crippen molar-refractivity contribution in [3.63, 3.8) is 0 Å². The molecule has 0 aliphatic rings. The number of amides is 1. The number of carbonyl (C=O) groups is 2. The molecule has 0 aliphatic heterocycles. The number of fused-ring (bicyclic) bond motifs is 1. The molecule has 2 N–H and O–H groups in total. The first kappa shape index (κ1) is 19.7. The molecule has 26 heavy (non-hydrogen) atoms. The highest BCUT2D eigenvalue weighted by molar-refractivity contribution is 5.86. The average molecular weight is 369 g/mol. The van der Waals surface area contributed by atoms with Gasteiger partial charge in [0.25, 0.3) is 0 Å². The molecule has 0 saturated carbocycles. The first-order valence-corrected chi connectivity index (χ1v) is 7.87. The molecule has 2 aromatic rings. The molecule has 0 spiro atoms. The van der Waals surface area contributed by atoms with Crippen molar-refractivity contribution in [3.05, 3.63) is 48.0 Å². The lowest BCUT2D eigenvalue weighted by Crippen LogP contribution is -2.36. The maximum absolute atomic E-state index is 12.0. The van der Waals surface area contributed by atoms with Crippen LogP contribution in [0, 0.1) is 5.92 Å². The summed E-state index contributed by atoms with van der Waals surface area (Å²) >= 11 is 0. The van der Waals surface area contributed by atoms with E-state index in [4.69, 9.17) is 0 Å². The molecular weight excluding hydrogens is 351 g/mol. The number of hydrogen-bond donors (Lipinski definition) is 2. The monoisotopic (exact) mass is 369 g/mol. The topological polar surface area (TPSA) is 75.6 Å². The fraction of sp³-hybridized carbons (Fsp3) is 0.333. The molecule has 2 aromatic carbocycles. The van der Waals surface area contributed by atoms with Gasteiger partial charge in [0, 0.05) is 6.54 Å². The Hall–Kier alpha value is -2.61. The number of rotatable bonds is 8. The number of hydrogen-bond acceptors (Lipinski definition) is 3. The van der Waals surface area contributed by atoms with E-state index >= 15 is 0 Å². The Morgan fingerprint density at radius 1 is 1.12 bits per heavy atom. The Morgan fingerprint density at radius 3 is 2.50 bits per heavy atom. The lowest BCUT2D eigenvalue weighted by Gasteiger charge is -2.15. The average Bonchev–Trinajstić information content (AvgIpc) is 2.57. The number of carboxylic acid groups (broad SMARTS) is 1. The Morgan fingerprint density at radius 2 is 1.81 bits per heavy atom. The number of aliphatic carboxylic acids is 1. The minimum absolute atomic E-state index is 0.181. The maximum atomic E-state index is 12.0. The minimum atomic E-state index is -4.52. The van der Waals surface area contributed by atoms with E-state index in [1.165, 1.54) is 0 Å². The summed E-state index contributed by atoms with van der Waals surface area (Å²) in [7, 11) is 0. The molecule has 0 aliphatic carbocycles. The van der Waals surface area contributed by atoms with Gasteiger partial charge >= 0.3 is 12.1 Å². The van der Waals surface area contributed by atoms with Crippen LogP contribution in [0.25, 0.3) is 10.8 Å². The summed E-state index contributed by atoms with van der Waals surface area (Å²) in [5.41, 5.74) is 0.818. The zero-order valence-corrected chi connectivity index (χ0v) is 13.8. The highest BCUT2D eigenvalue weighted by atomic mass is 19.4. The van der Waals surface area contributed by atoms with Crippen LogP contribution in [0.1, 0.15) is 5.56 Å². The van der Waals surface area contributed by atoms with E-state index < -0.39 is 37.2 Å². The third-order valence-electron chi connectivity index (χ3n) is 3.74. The van der Waals surface area contributed by atoms with Gasteiger partial charge in [-0.15, -0.1) is 0 Å². The molecule has 0 saturated heterocycles. The maximum Gasteiger partial charge on any atom is 0.411 e. The van der Waals surface area contributed by atoms with Gasteiger partial charge in [0.1, 0.15) is 13.2 Å². The number of ether oxygens (including phenoxy) is 1. The van der Waals surface area contributed by atoms with Crippen LogP contribution in [-0.4, -0.2) is 42.9 Å². The number of benzene rings is 2. The number of nitrogens with one attached hydrogen (secondary N) is 1. The van der Waals surface area contributed by atoms with Crippen LogP contribution in [0.4, 0.5) is 13.2 Å². The van der Waals surface area contributed by atoms with Crippen molar-refractivity contribution in [1.82, 2.24) is 5.32 Å². The molecule has 140 valence electrons. The summed E-state index contributed by atoms with van der Waals surface area (Å²) in [5, 5.41) is 13.6. The zero-order valence-electron chi connectivity index (χ0n) is 13.8. The molecule has 0 fully saturated rings. The SMILES string of the molecule is O=C(COCC(F)(F)F)NCC(Cc1cccc2ccccc12)C(=O)O. The van der Waals surface area contributed by atoms with Gasteiger partial charge in [-0.25, -0.2) is 0 Å². The van der Waals surface area contributed by atoms with Gasteiger partial charge in [0.2, 0.25) is 5.91 Å². The van der Waals surface area contributed by atoms with E-state index in [1.54, 1.807) is 0 Å². The summed E-state index contributed by atoms with van der Waals surface area (Å²) in [6.07, 6.45) is -4.33. The van der Waals surface area contributed by atoms with Gasteiger partial charge in [-0.2, -0.15) is 13.2 Å². The van der Waals surface area contributed by atoms with Crippen LogP contribution < -0.4 is 5.32 Å². The summed E-state index contributed by atoms with van der Waals surface area (Å²) in [4.78, 5) is 23.0. The van der Waals surface area contributed by atoms with E-state index in [0.29, 0.717) is 0 Å². The number of carboxylic acids is 1. The first-order valence-electron chi connectivity index (χ1n) is 7.87. The second-order valence-corrected chi connectivity index (χ2v) is 5.79. The molecule has 8 heteroatoms. The van der Waals surface area contributed by atoms with E-state index in [0.717, 1.165) is 16.3 Å². The van der Waals surface area contributed by atoms with E-state index in [9.17, 15) is 27.9 Å². The van der Waals surface area contributed by atoms with Gasteiger partial charge in [0.15, 0.2) is 0 Å². The number of carbonyl (C=O) groups excluding carboxylic acids is 1. The largest absolute Gasteiger partial charge is 0.481 e. The summed E-state index contributed by atoms with van der Waals surface area (Å²) in [5.74, 6) is -2.81. The zero-order chi connectivity index (χ0) is 19.2. The Labute approximate surface area is 147 Å². The predicted molar refractivity (Wildman–Crippen MR) is 88.7 cm³/mol. The van der Waals surface area contributed by atoms with Crippen LogP contribution in [0.2, 0.25) is 0 Å². The molecule has 5 nitrogen and oxygen atoms in total. The third kappa shape index (κ3) is 6.03. The third-order valence-corrected chi connectivity index (χ3v) is 3.74. The minimum Gasteiger partial charge on any atom is -0.481 e. The first-order chi connectivity index (χ1) is 12.3. The second-order valence-electron chi connectivity index (χ2n) is 5.79. The fourth-order valence-corrected chi connectivity index (χ4v) is 2.53. The number of alkyl halides is 3. The molecule has 2 rings (SSSR count). The fourth-order valence-electron chi connectivity index (χ4n) is 2.53. The van der Waals surface area contributed by atoms with Crippen molar-refractivity contribution in [2.24, 2.45) is 5.92 Å². The molecule has 0 radical (unpaired) electrons. The van der Waals surface area contributed by atoms with Crippen LogP contribution in [0.3, 0.4) is 0 Å². The molecule has 1 unspecified atom stereocenters. The summed E-state index contributed by atoms with van der Waals surface area (Å²) in [6, 6.07) is 13.1. The molecule has 0 aromatic heterocycles. The summed E-state index contributed by atoms with van der Waals surface area (Å²) < 4.78 is 40.1. The van der Waals surface area contributed by atoms with Gasteiger partial charge in [-0.05, 0) is 22.8 Å². The lowest BCUT2D eigenvalue weighted by atomic mass is 9.95.